The summed E-state index contributed by atoms with van der Waals surface area (Å²) in [5.74, 6) is -3.06. The summed E-state index contributed by atoms with van der Waals surface area (Å²) in [6, 6.07) is 7.73. The van der Waals surface area contributed by atoms with Crippen LogP contribution in [0.25, 0.3) is 22.0 Å². The van der Waals surface area contributed by atoms with Crippen molar-refractivity contribution < 1.29 is 18.7 Å². The van der Waals surface area contributed by atoms with E-state index in [0.29, 0.717) is 27.7 Å². The lowest BCUT2D eigenvalue weighted by molar-refractivity contribution is 0.112. The second kappa shape index (κ2) is 7.75. The molecule has 4 rings (SSSR count). The predicted octanol–water partition coefficient (Wildman–Crippen LogP) is 4.38. The molecule has 150 valence electrons. The normalized spacial score (nSPS) is 19.3. The maximum absolute atomic E-state index is 13.8. The first-order valence-corrected chi connectivity index (χ1v) is 9.54. The summed E-state index contributed by atoms with van der Waals surface area (Å²) in [6.07, 6.45) is 5.89. The molecule has 1 heterocycles. The van der Waals surface area contributed by atoms with E-state index in [9.17, 15) is 18.7 Å². The lowest BCUT2D eigenvalue weighted by Gasteiger charge is -2.28. The largest absolute Gasteiger partial charge is 0.503 e. The highest BCUT2D eigenvalue weighted by atomic mass is 19.1. The molecule has 5 nitrogen and oxygen atoms in total. The van der Waals surface area contributed by atoms with Crippen LogP contribution < -0.4 is 11.1 Å². The van der Waals surface area contributed by atoms with Crippen LogP contribution in [0, 0.1) is 11.6 Å². The number of phenols is 1. The summed E-state index contributed by atoms with van der Waals surface area (Å²) in [7, 11) is 0. The van der Waals surface area contributed by atoms with Crippen molar-refractivity contribution in [3.63, 3.8) is 0 Å². The number of aromatic nitrogens is 1. The Bertz CT molecular complexity index is 1060. The minimum absolute atomic E-state index is 0.186. The molecule has 29 heavy (non-hydrogen) atoms. The highest BCUT2D eigenvalue weighted by molar-refractivity contribution is 6.01. The van der Waals surface area contributed by atoms with E-state index in [-0.39, 0.29) is 17.6 Å². The number of benzene rings is 2. The van der Waals surface area contributed by atoms with Gasteiger partial charge in [-0.25, -0.2) is 8.78 Å². The van der Waals surface area contributed by atoms with E-state index in [2.05, 4.69) is 10.3 Å². The van der Waals surface area contributed by atoms with Crippen LogP contribution in [-0.2, 0) is 0 Å². The molecule has 1 aliphatic carbocycles. The lowest BCUT2D eigenvalue weighted by Crippen LogP contribution is -2.33. The molecule has 7 heteroatoms. The SMILES string of the molecule is N[C@H]1CC[C@@H](Nc2c(C=O)cnc3ccc(-c4cc(F)c(O)c(F)c4)cc23)CC1. The monoisotopic (exact) mass is 397 g/mol. The summed E-state index contributed by atoms with van der Waals surface area (Å²) in [4.78, 5) is 15.9. The molecule has 1 aromatic heterocycles. The molecular formula is C22H21F2N3O2. The van der Waals surface area contributed by atoms with Crippen LogP contribution in [0.15, 0.2) is 36.5 Å². The minimum Gasteiger partial charge on any atom is -0.503 e. The number of nitrogens with one attached hydrogen (secondary N) is 1. The number of nitrogens with zero attached hydrogens (tertiary/aromatic N) is 1. The molecule has 0 unspecified atom stereocenters. The number of hydrogen-bond acceptors (Lipinski definition) is 5. The molecular weight excluding hydrogens is 376 g/mol. The van der Waals surface area contributed by atoms with Gasteiger partial charge < -0.3 is 16.2 Å². The molecule has 4 N–H and O–H groups in total. The van der Waals surface area contributed by atoms with Crippen LogP contribution in [-0.4, -0.2) is 28.5 Å². The highest BCUT2D eigenvalue weighted by Crippen LogP contribution is 2.34. The first-order chi connectivity index (χ1) is 14.0. The van der Waals surface area contributed by atoms with Gasteiger partial charge in [0.15, 0.2) is 23.7 Å². The van der Waals surface area contributed by atoms with Crippen LogP contribution in [0.3, 0.4) is 0 Å². The quantitative estimate of drug-likeness (QED) is 0.569. The smallest absolute Gasteiger partial charge is 0.187 e. The van der Waals surface area contributed by atoms with Crippen molar-refractivity contribution in [2.45, 2.75) is 37.8 Å². The van der Waals surface area contributed by atoms with Crippen LogP contribution in [0.1, 0.15) is 36.0 Å². The van der Waals surface area contributed by atoms with E-state index in [0.717, 1.165) is 44.1 Å². The van der Waals surface area contributed by atoms with Crippen molar-refractivity contribution in [2.24, 2.45) is 5.73 Å². The lowest BCUT2D eigenvalue weighted by atomic mass is 9.91. The Morgan fingerprint density at radius 2 is 1.76 bits per heavy atom. The summed E-state index contributed by atoms with van der Waals surface area (Å²) < 4.78 is 27.6. The van der Waals surface area contributed by atoms with Crippen molar-refractivity contribution in [1.82, 2.24) is 4.98 Å². The van der Waals surface area contributed by atoms with E-state index in [1.165, 1.54) is 6.20 Å². The van der Waals surface area contributed by atoms with Crippen LogP contribution in [0.2, 0.25) is 0 Å². The van der Waals surface area contributed by atoms with Crippen molar-refractivity contribution >= 4 is 22.9 Å². The first-order valence-electron chi connectivity index (χ1n) is 9.54. The number of hydrogen-bond donors (Lipinski definition) is 3. The fourth-order valence-corrected chi connectivity index (χ4v) is 3.84. The van der Waals surface area contributed by atoms with Gasteiger partial charge in [-0.2, -0.15) is 0 Å². The number of phenolic OH excluding ortho intramolecular Hbond substituents is 1. The van der Waals surface area contributed by atoms with Crippen molar-refractivity contribution in [1.29, 1.82) is 0 Å². The Balaban J connectivity index is 1.79. The van der Waals surface area contributed by atoms with Gasteiger partial charge in [-0.3, -0.25) is 9.78 Å². The number of aldehydes is 1. The van der Waals surface area contributed by atoms with Gasteiger partial charge in [0.1, 0.15) is 0 Å². The predicted molar refractivity (Wildman–Crippen MR) is 108 cm³/mol. The van der Waals surface area contributed by atoms with Crippen LogP contribution >= 0.6 is 0 Å². The van der Waals surface area contributed by atoms with Crippen LogP contribution in [0.5, 0.6) is 5.75 Å². The number of pyridine rings is 1. The molecule has 0 spiro atoms. The average Bonchev–Trinajstić information content (AvgIpc) is 2.73. The summed E-state index contributed by atoms with van der Waals surface area (Å²) >= 11 is 0. The van der Waals surface area contributed by atoms with E-state index in [1.807, 2.05) is 0 Å². The maximum Gasteiger partial charge on any atom is 0.187 e. The average molecular weight is 397 g/mol. The van der Waals surface area contributed by atoms with E-state index in [4.69, 9.17) is 5.73 Å². The van der Waals surface area contributed by atoms with Crippen molar-refractivity contribution in [3.05, 3.63) is 53.7 Å². The summed E-state index contributed by atoms with van der Waals surface area (Å²) in [5.41, 5.74) is 8.56. The standard InChI is InChI=1S/C22H21F2N3O2/c23-18-8-13(9-19(24)22(18)29)12-1-6-20-17(7-12)21(14(11-28)10-26-20)27-16-4-2-15(25)3-5-16/h1,6-11,15-16,29H,2-5,25H2,(H,26,27)/t15-,16+. The Morgan fingerprint density at radius 3 is 2.41 bits per heavy atom. The zero-order chi connectivity index (χ0) is 20.5. The number of nitrogens with two attached hydrogens (primary N) is 1. The van der Waals surface area contributed by atoms with Gasteiger partial charge in [-0.05, 0) is 61.1 Å². The molecule has 0 amide bonds. The number of rotatable bonds is 4. The van der Waals surface area contributed by atoms with Gasteiger partial charge in [0.2, 0.25) is 0 Å². The van der Waals surface area contributed by atoms with Crippen molar-refractivity contribution in [2.75, 3.05) is 5.32 Å². The van der Waals surface area contributed by atoms with Gasteiger partial charge in [0.25, 0.3) is 0 Å². The highest BCUT2D eigenvalue weighted by Gasteiger charge is 2.21. The Kier molecular flexibility index (Phi) is 5.15. The van der Waals surface area contributed by atoms with E-state index in [1.54, 1.807) is 18.2 Å². The van der Waals surface area contributed by atoms with Gasteiger partial charge in [0.05, 0.1) is 16.8 Å². The number of aromatic hydroxyl groups is 1. The third-order valence-corrected chi connectivity index (χ3v) is 5.49. The number of carbonyl (C=O) groups excluding carboxylic acids is 1. The molecule has 0 atom stereocenters. The Labute approximate surface area is 166 Å². The molecule has 2 aromatic carbocycles. The zero-order valence-corrected chi connectivity index (χ0v) is 15.7. The third-order valence-electron chi connectivity index (χ3n) is 5.49. The topological polar surface area (TPSA) is 88.2 Å². The van der Waals surface area contributed by atoms with Gasteiger partial charge in [-0.1, -0.05) is 6.07 Å². The van der Waals surface area contributed by atoms with E-state index < -0.39 is 17.4 Å². The van der Waals surface area contributed by atoms with Crippen molar-refractivity contribution in [3.8, 4) is 16.9 Å². The van der Waals surface area contributed by atoms with Crippen LogP contribution in [0.4, 0.5) is 14.5 Å². The number of carbonyl (C=O) groups is 1. The van der Waals surface area contributed by atoms with Gasteiger partial charge in [0, 0.05) is 23.7 Å². The fourth-order valence-electron chi connectivity index (χ4n) is 3.84. The molecule has 0 saturated heterocycles. The number of halogens is 2. The zero-order valence-electron chi connectivity index (χ0n) is 15.7. The Hall–Kier alpha value is -3.06. The van der Waals surface area contributed by atoms with E-state index >= 15 is 0 Å². The molecule has 0 radical (unpaired) electrons. The maximum atomic E-state index is 13.8. The van der Waals surface area contributed by atoms with Gasteiger partial charge in [-0.15, -0.1) is 0 Å². The third kappa shape index (κ3) is 3.78. The minimum atomic E-state index is -1.03. The number of anilines is 1. The molecule has 1 saturated carbocycles. The summed E-state index contributed by atoms with van der Waals surface area (Å²) in [5, 5.41) is 13.5. The Morgan fingerprint density at radius 1 is 1.07 bits per heavy atom. The second-order valence-electron chi connectivity index (χ2n) is 7.48. The molecule has 0 aliphatic heterocycles. The molecule has 3 aromatic rings. The number of fused-ring (bicyclic) bond motifs is 1. The summed E-state index contributed by atoms with van der Waals surface area (Å²) in [6.45, 7) is 0. The molecule has 1 aliphatic rings. The van der Waals surface area contributed by atoms with Gasteiger partial charge >= 0.3 is 0 Å². The fraction of sp³-hybridized carbons (Fsp3) is 0.273. The second-order valence-corrected chi connectivity index (χ2v) is 7.48. The molecule has 1 fully saturated rings. The molecule has 0 bridgehead atoms. The first kappa shape index (κ1) is 19.3.